The molecule has 2 aromatic rings. The topological polar surface area (TPSA) is 56.2 Å². The first-order valence-electron chi connectivity index (χ1n) is 7.22. The predicted molar refractivity (Wildman–Crippen MR) is 86.7 cm³/mol. The maximum atomic E-state index is 11.8. The van der Waals surface area contributed by atoms with Gasteiger partial charge in [0.1, 0.15) is 12.4 Å². The van der Waals surface area contributed by atoms with E-state index in [4.69, 9.17) is 4.74 Å². The maximum Gasteiger partial charge on any atom is 0.244 e. The minimum atomic E-state index is -0.140. The van der Waals surface area contributed by atoms with Gasteiger partial charge in [-0.05, 0) is 32.1 Å². The van der Waals surface area contributed by atoms with Gasteiger partial charge in [0, 0.05) is 24.4 Å². The first-order valence-corrected chi connectivity index (χ1v) is 7.22. The average molecular weight is 299 g/mol. The second kappa shape index (κ2) is 7.45. The van der Waals surface area contributed by atoms with Crippen LogP contribution in [0.15, 0.2) is 36.4 Å². The Bertz CT molecular complexity index is 660. The first kappa shape index (κ1) is 15.8. The quantitative estimate of drug-likeness (QED) is 0.657. The number of benzene rings is 1. The van der Waals surface area contributed by atoms with Crippen LogP contribution in [0.4, 0.5) is 0 Å². The van der Waals surface area contributed by atoms with E-state index in [-0.39, 0.29) is 5.91 Å². The number of carbonyl (C=O) groups is 1. The summed E-state index contributed by atoms with van der Waals surface area (Å²) in [6, 6.07) is 9.53. The van der Waals surface area contributed by atoms with Crippen molar-refractivity contribution in [2.45, 2.75) is 13.8 Å². The van der Waals surface area contributed by atoms with E-state index in [1.807, 2.05) is 51.2 Å². The van der Waals surface area contributed by atoms with Crippen LogP contribution in [0, 0.1) is 13.8 Å². The molecular weight excluding hydrogens is 278 g/mol. The van der Waals surface area contributed by atoms with Crippen molar-refractivity contribution in [2.75, 3.05) is 13.2 Å². The summed E-state index contributed by atoms with van der Waals surface area (Å²) in [5.74, 6) is 0.660. The zero-order chi connectivity index (χ0) is 15.9. The van der Waals surface area contributed by atoms with Gasteiger partial charge >= 0.3 is 0 Å². The number of para-hydroxylation sites is 1. The van der Waals surface area contributed by atoms with Crippen LogP contribution in [-0.4, -0.2) is 28.8 Å². The van der Waals surface area contributed by atoms with Gasteiger partial charge in [-0.25, -0.2) is 0 Å². The van der Waals surface area contributed by atoms with E-state index in [0.29, 0.717) is 13.2 Å². The third-order valence-electron chi connectivity index (χ3n) is 3.38. The third kappa shape index (κ3) is 4.22. The Morgan fingerprint density at radius 3 is 2.68 bits per heavy atom. The molecule has 0 fully saturated rings. The Balaban J connectivity index is 1.77. The Morgan fingerprint density at radius 2 is 2.05 bits per heavy atom. The fourth-order valence-electron chi connectivity index (χ4n) is 2.11. The Morgan fingerprint density at radius 1 is 1.32 bits per heavy atom. The maximum absolute atomic E-state index is 11.8. The summed E-state index contributed by atoms with van der Waals surface area (Å²) in [6.07, 6.45) is 3.32. The highest BCUT2D eigenvalue weighted by Gasteiger charge is 2.06. The van der Waals surface area contributed by atoms with E-state index < -0.39 is 0 Å². The lowest BCUT2D eigenvalue weighted by Crippen LogP contribution is -2.26. The van der Waals surface area contributed by atoms with Crippen molar-refractivity contribution in [3.05, 3.63) is 53.4 Å². The molecule has 116 valence electrons. The molecule has 0 spiro atoms. The van der Waals surface area contributed by atoms with Gasteiger partial charge in [0.15, 0.2) is 0 Å². The fourth-order valence-corrected chi connectivity index (χ4v) is 2.11. The minimum absolute atomic E-state index is 0.140. The molecule has 1 N–H and O–H groups in total. The molecule has 0 aliphatic rings. The summed E-state index contributed by atoms with van der Waals surface area (Å²) in [5.41, 5.74) is 2.93. The zero-order valence-electron chi connectivity index (χ0n) is 13.2. The number of aryl methyl sites for hydroxylation is 2. The molecule has 1 amide bonds. The summed E-state index contributed by atoms with van der Waals surface area (Å²) in [5, 5.41) is 7.10. The molecule has 0 saturated heterocycles. The number of amides is 1. The van der Waals surface area contributed by atoms with E-state index in [0.717, 1.165) is 22.7 Å². The standard InChI is InChI=1S/C17H21N3O2/c1-13-16(14(2)20(3)19-13)9-10-17(21)18-11-12-22-15-7-5-4-6-8-15/h4-10H,11-12H2,1-3H3,(H,18,21)/b10-9+. The highest BCUT2D eigenvalue weighted by molar-refractivity contribution is 5.91. The van der Waals surface area contributed by atoms with Crippen molar-refractivity contribution < 1.29 is 9.53 Å². The molecule has 0 radical (unpaired) electrons. The molecule has 0 aliphatic heterocycles. The molecule has 1 aromatic carbocycles. The van der Waals surface area contributed by atoms with Crippen LogP contribution in [0.1, 0.15) is 17.0 Å². The average Bonchev–Trinajstić information content (AvgIpc) is 2.76. The molecule has 1 aromatic heterocycles. The van der Waals surface area contributed by atoms with E-state index in [9.17, 15) is 4.79 Å². The van der Waals surface area contributed by atoms with Crippen LogP contribution in [0.5, 0.6) is 5.75 Å². The summed E-state index contributed by atoms with van der Waals surface area (Å²) in [4.78, 5) is 11.8. The monoisotopic (exact) mass is 299 g/mol. The third-order valence-corrected chi connectivity index (χ3v) is 3.38. The van der Waals surface area contributed by atoms with Gasteiger partial charge in [0.2, 0.25) is 5.91 Å². The second-order valence-electron chi connectivity index (χ2n) is 4.99. The van der Waals surface area contributed by atoms with E-state index >= 15 is 0 Å². The normalized spacial score (nSPS) is 10.9. The second-order valence-corrected chi connectivity index (χ2v) is 4.99. The van der Waals surface area contributed by atoms with E-state index in [1.54, 1.807) is 10.8 Å². The SMILES string of the molecule is Cc1nn(C)c(C)c1/C=C/C(=O)NCCOc1ccccc1. The summed E-state index contributed by atoms with van der Waals surface area (Å²) < 4.78 is 7.31. The first-order chi connectivity index (χ1) is 10.6. The number of ether oxygens (including phenoxy) is 1. The van der Waals surface area contributed by atoms with Crippen molar-refractivity contribution in [1.29, 1.82) is 0 Å². The van der Waals surface area contributed by atoms with Crippen molar-refractivity contribution in [3.63, 3.8) is 0 Å². The highest BCUT2D eigenvalue weighted by Crippen LogP contribution is 2.13. The Kier molecular flexibility index (Phi) is 5.36. The molecule has 0 bridgehead atoms. The smallest absolute Gasteiger partial charge is 0.244 e. The number of carbonyl (C=O) groups excluding carboxylic acids is 1. The van der Waals surface area contributed by atoms with Crippen LogP contribution in [0.3, 0.4) is 0 Å². The van der Waals surface area contributed by atoms with E-state index in [2.05, 4.69) is 10.4 Å². The lowest BCUT2D eigenvalue weighted by atomic mass is 10.2. The molecule has 5 nitrogen and oxygen atoms in total. The number of hydrogen-bond donors (Lipinski definition) is 1. The van der Waals surface area contributed by atoms with Gasteiger partial charge in [-0.15, -0.1) is 0 Å². The molecule has 22 heavy (non-hydrogen) atoms. The van der Waals surface area contributed by atoms with Crippen LogP contribution in [0.2, 0.25) is 0 Å². The van der Waals surface area contributed by atoms with Gasteiger partial charge in [-0.3, -0.25) is 9.48 Å². The molecule has 1 heterocycles. The lowest BCUT2D eigenvalue weighted by Gasteiger charge is -2.06. The molecule has 0 atom stereocenters. The molecule has 0 unspecified atom stereocenters. The van der Waals surface area contributed by atoms with Gasteiger partial charge in [0.25, 0.3) is 0 Å². The van der Waals surface area contributed by atoms with Gasteiger partial charge in [-0.1, -0.05) is 18.2 Å². The molecule has 5 heteroatoms. The van der Waals surface area contributed by atoms with E-state index in [1.165, 1.54) is 6.08 Å². The molecule has 0 saturated carbocycles. The predicted octanol–water partition coefficient (Wildman–Crippen LogP) is 2.25. The number of nitrogens with zero attached hydrogens (tertiary/aromatic N) is 2. The van der Waals surface area contributed by atoms with Crippen molar-refractivity contribution >= 4 is 12.0 Å². The fraction of sp³-hybridized carbons (Fsp3) is 0.294. The Hall–Kier alpha value is -2.56. The van der Waals surface area contributed by atoms with Crippen molar-refractivity contribution in [3.8, 4) is 5.75 Å². The lowest BCUT2D eigenvalue weighted by molar-refractivity contribution is -0.116. The number of aromatic nitrogens is 2. The molecule has 2 rings (SSSR count). The largest absolute Gasteiger partial charge is 0.492 e. The van der Waals surface area contributed by atoms with Gasteiger partial charge < -0.3 is 10.1 Å². The number of hydrogen-bond acceptors (Lipinski definition) is 3. The van der Waals surface area contributed by atoms with Crippen LogP contribution >= 0.6 is 0 Å². The minimum Gasteiger partial charge on any atom is -0.492 e. The van der Waals surface area contributed by atoms with Crippen molar-refractivity contribution in [2.24, 2.45) is 7.05 Å². The summed E-state index contributed by atoms with van der Waals surface area (Å²) in [7, 11) is 1.89. The molecular formula is C17H21N3O2. The van der Waals surface area contributed by atoms with Crippen LogP contribution in [-0.2, 0) is 11.8 Å². The van der Waals surface area contributed by atoms with Crippen LogP contribution < -0.4 is 10.1 Å². The van der Waals surface area contributed by atoms with Gasteiger partial charge in [0.05, 0.1) is 12.2 Å². The number of rotatable bonds is 6. The zero-order valence-corrected chi connectivity index (χ0v) is 13.2. The molecule has 0 aliphatic carbocycles. The van der Waals surface area contributed by atoms with Crippen molar-refractivity contribution in [1.82, 2.24) is 15.1 Å². The van der Waals surface area contributed by atoms with Gasteiger partial charge in [-0.2, -0.15) is 5.10 Å². The Labute approximate surface area is 130 Å². The highest BCUT2D eigenvalue weighted by atomic mass is 16.5. The summed E-state index contributed by atoms with van der Waals surface area (Å²) in [6.45, 7) is 4.81. The number of nitrogens with one attached hydrogen (secondary N) is 1. The van der Waals surface area contributed by atoms with Crippen LogP contribution in [0.25, 0.3) is 6.08 Å². The summed E-state index contributed by atoms with van der Waals surface area (Å²) >= 11 is 0.